The molecule has 0 unspecified atom stereocenters. The number of para-hydroxylation sites is 1. The number of aromatic nitrogens is 2. The smallest absolute Gasteiger partial charge is 0.151 e. The van der Waals surface area contributed by atoms with Gasteiger partial charge in [-0.2, -0.15) is 11.8 Å². The molecule has 1 aromatic heterocycles. The third kappa shape index (κ3) is 3.08. The fourth-order valence-corrected chi connectivity index (χ4v) is 2.86. The molecule has 0 fully saturated rings. The Kier molecular flexibility index (Phi) is 4.79. The van der Waals surface area contributed by atoms with Crippen LogP contribution in [-0.2, 0) is 12.3 Å². The predicted molar refractivity (Wildman–Crippen MR) is 74.6 cm³/mol. The Morgan fingerprint density at radius 3 is 2.95 bits per heavy atom. The highest BCUT2D eigenvalue weighted by molar-refractivity contribution is 7.98. The first kappa shape index (κ1) is 14.3. The maximum absolute atomic E-state index is 13.7. The minimum absolute atomic E-state index is 0.244. The Balaban J connectivity index is 2.20. The van der Waals surface area contributed by atoms with Gasteiger partial charge in [-0.25, -0.2) is 9.37 Å². The van der Waals surface area contributed by atoms with Crippen molar-refractivity contribution in [3.8, 4) is 0 Å². The molecule has 0 spiro atoms. The predicted octanol–water partition coefficient (Wildman–Crippen LogP) is 1.78. The first-order chi connectivity index (χ1) is 9.17. The van der Waals surface area contributed by atoms with Crippen molar-refractivity contribution in [2.24, 2.45) is 0 Å². The number of aliphatic hydroxyl groups is 2. The van der Waals surface area contributed by atoms with Crippen LogP contribution < -0.4 is 0 Å². The number of benzene rings is 1. The van der Waals surface area contributed by atoms with Crippen molar-refractivity contribution in [2.45, 2.75) is 25.3 Å². The molecular formula is C13H17FN2O2S. The Morgan fingerprint density at radius 2 is 2.26 bits per heavy atom. The molecular weight excluding hydrogens is 267 g/mol. The van der Waals surface area contributed by atoms with Crippen LogP contribution in [0.15, 0.2) is 18.2 Å². The number of rotatable bonds is 6. The molecule has 19 heavy (non-hydrogen) atoms. The summed E-state index contributed by atoms with van der Waals surface area (Å²) in [7, 11) is 0. The molecule has 0 amide bonds. The number of fused-ring (bicyclic) bond motifs is 1. The van der Waals surface area contributed by atoms with E-state index in [1.54, 1.807) is 6.07 Å². The second-order valence-corrected chi connectivity index (χ2v) is 5.26. The van der Waals surface area contributed by atoms with Gasteiger partial charge in [0.05, 0.1) is 24.0 Å². The summed E-state index contributed by atoms with van der Waals surface area (Å²) in [5.41, 5.74) is 1.18. The largest absolute Gasteiger partial charge is 0.394 e. The SMILES string of the molecule is CCn1c(CSC[C@@H](O)CO)nc2c(F)cccc21. The van der Waals surface area contributed by atoms with Gasteiger partial charge in [-0.3, -0.25) is 0 Å². The molecule has 2 aromatic rings. The second kappa shape index (κ2) is 6.36. The van der Waals surface area contributed by atoms with Gasteiger partial charge in [0.2, 0.25) is 0 Å². The van der Waals surface area contributed by atoms with Crippen LogP contribution in [0.5, 0.6) is 0 Å². The Morgan fingerprint density at radius 1 is 1.47 bits per heavy atom. The number of halogens is 1. The number of aliphatic hydroxyl groups excluding tert-OH is 2. The molecule has 0 aliphatic rings. The van der Waals surface area contributed by atoms with E-state index in [9.17, 15) is 9.50 Å². The molecule has 0 saturated carbocycles. The number of hydrogen-bond acceptors (Lipinski definition) is 4. The molecule has 0 bridgehead atoms. The van der Waals surface area contributed by atoms with Crippen LogP contribution in [0.3, 0.4) is 0 Å². The number of hydrogen-bond donors (Lipinski definition) is 2. The minimum Gasteiger partial charge on any atom is -0.394 e. The van der Waals surface area contributed by atoms with Crippen molar-refractivity contribution in [3.05, 3.63) is 29.8 Å². The highest BCUT2D eigenvalue weighted by Crippen LogP contribution is 2.22. The summed E-state index contributed by atoms with van der Waals surface area (Å²) in [6, 6.07) is 4.94. The van der Waals surface area contributed by atoms with E-state index in [4.69, 9.17) is 5.11 Å². The van der Waals surface area contributed by atoms with Gasteiger partial charge in [0.15, 0.2) is 5.82 Å². The molecule has 0 radical (unpaired) electrons. The monoisotopic (exact) mass is 284 g/mol. The molecule has 2 N–H and O–H groups in total. The van der Waals surface area contributed by atoms with E-state index < -0.39 is 6.10 Å². The molecule has 104 valence electrons. The van der Waals surface area contributed by atoms with Crippen LogP contribution in [0.25, 0.3) is 11.0 Å². The maximum Gasteiger partial charge on any atom is 0.151 e. The fraction of sp³-hybridized carbons (Fsp3) is 0.462. The topological polar surface area (TPSA) is 58.3 Å². The fourth-order valence-electron chi connectivity index (χ4n) is 1.96. The van der Waals surface area contributed by atoms with Gasteiger partial charge >= 0.3 is 0 Å². The Labute approximate surface area is 115 Å². The summed E-state index contributed by atoms with van der Waals surface area (Å²) in [5, 5.41) is 18.0. The third-order valence-electron chi connectivity index (χ3n) is 2.88. The van der Waals surface area contributed by atoms with Crippen LogP contribution in [0.1, 0.15) is 12.7 Å². The normalized spacial score (nSPS) is 13.1. The van der Waals surface area contributed by atoms with Gasteiger partial charge in [0.1, 0.15) is 11.3 Å². The molecule has 2 rings (SSSR count). The van der Waals surface area contributed by atoms with E-state index in [0.29, 0.717) is 17.0 Å². The zero-order valence-corrected chi connectivity index (χ0v) is 11.5. The third-order valence-corrected chi connectivity index (χ3v) is 3.96. The molecule has 6 heteroatoms. The van der Waals surface area contributed by atoms with E-state index in [0.717, 1.165) is 17.9 Å². The average Bonchev–Trinajstić information content (AvgIpc) is 2.77. The summed E-state index contributed by atoms with van der Waals surface area (Å²) < 4.78 is 15.6. The lowest BCUT2D eigenvalue weighted by atomic mass is 10.3. The molecule has 0 aliphatic carbocycles. The summed E-state index contributed by atoms with van der Waals surface area (Å²) in [6.45, 7) is 2.47. The summed E-state index contributed by atoms with van der Waals surface area (Å²) in [5.74, 6) is 1.49. The first-order valence-corrected chi connectivity index (χ1v) is 7.33. The molecule has 1 atom stereocenters. The number of aryl methyl sites for hydroxylation is 1. The first-order valence-electron chi connectivity index (χ1n) is 6.17. The molecule has 4 nitrogen and oxygen atoms in total. The van der Waals surface area contributed by atoms with Crippen LogP contribution >= 0.6 is 11.8 Å². The molecule has 1 aromatic carbocycles. The highest BCUT2D eigenvalue weighted by Gasteiger charge is 2.13. The quantitative estimate of drug-likeness (QED) is 0.849. The molecule has 0 saturated heterocycles. The van der Waals surface area contributed by atoms with E-state index in [1.165, 1.54) is 17.8 Å². The Bertz CT molecular complexity index is 559. The summed E-state index contributed by atoms with van der Waals surface area (Å²) in [6.07, 6.45) is -0.721. The summed E-state index contributed by atoms with van der Waals surface area (Å²) >= 11 is 1.47. The molecule has 0 aliphatic heterocycles. The van der Waals surface area contributed by atoms with Crippen molar-refractivity contribution in [1.82, 2.24) is 9.55 Å². The number of thioether (sulfide) groups is 1. The van der Waals surface area contributed by atoms with Crippen molar-refractivity contribution in [2.75, 3.05) is 12.4 Å². The van der Waals surface area contributed by atoms with Crippen LogP contribution in [0, 0.1) is 5.82 Å². The van der Waals surface area contributed by atoms with Crippen molar-refractivity contribution < 1.29 is 14.6 Å². The maximum atomic E-state index is 13.7. The molecule has 1 heterocycles. The Hall–Kier alpha value is -1.11. The lowest BCUT2D eigenvalue weighted by molar-refractivity contribution is 0.113. The van der Waals surface area contributed by atoms with Crippen molar-refractivity contribution in [1.29, 1.82) is 0 Å². The van der Waals surface area contributed by atoms with Crippen molar-refractivity contribution >= 4 is 22.8 Å². The van der Waals surface area contributed by atoms with E-state index in [2.05, 4.69) is 4.98 Å². The van der Waals surface area contributed by atoms with Gasteiger partial charge < -0.3 is 14.8 Å². The van der Waals surface area contributed by atoms with Gasteiger partial charge in [0.25, 0.3) is 0 Å². The van der Waals surface area contributed by atoms with E-state index >= 15 is 0 Å². The van der Waals surface area contributed by atoms with E-state index in [1.807, 2.05) is 17.6 Å². The lowest BCUT2D eigenvalue weighted by Crippen LogP contribution is -2.15. The van der Waals surface area contributed by atoms with Crippen LogP contribution in [0.4, 0.5) is 4.39 Å². The van der Waals surface area contributed by atoms with Gasteiger partial charge in [0, 0.05) is 12.3 Å². The van der Waals surface area contributed by atoms with Crippen molar-refractivity contribution in [3.63, 3.8) is 0 Å². The minimum atomic E-state index is -0.721. The lowest BCUT2D eigenvalue weighted by Gasteiger charge is -2.08. The average molecular weight is 284 g/mol. The highest BCUT2D eigenvalue weighted by atomic mass is 32.2. The number of nitrogens with zero attached hydrogens (tertiary/aromatic N) is 2. The van der Waals surface area contributed by atoms with E-state index in [-0.39, 0.29) is 12.4 Å². The second-order valence-electron chi connectivity index (χ2n) is 4.23. The van der Waals surface area contributed by atoms with Gasteiger partial charge in [-0.15, -0.1) is 0 Å². The number of imidazole rings is 1. The van der Waals surface area contributed by atoms with Crippen LogP contribution in [-0.4, -0.2) is 38.2 Å². The van der Waals surface area contributed by atoms with Gasteiger partial charge in [-0.1, -0.05) is 6.07 Å². The zero-order valence-electron chi connectivity index (χ0n) is 10.7. The zero-order chi connectivity index (χ0) is 13.8. The summed E-state index contributed by atoms with van der Waals surface area (Å²) in [4.78, 5) is 4.33. The standard InChI is InChI=1S/C13H17FN2O2S/c1-2-16-11-5-3-4-10(14)13(11)15-12(16)8-19-7-9(18)6-17/h3-5,9,17-18H,2,6-8H2,1H3/t9-/m0/s1. The van der Waals surface area contributed by atoms with Gasteiger partial charge in [-0.05, 0) is 19.1 Å². The van der Waals surface area contributed by atoms with Crippen LogP contribution in [0.2, 0.25) is 0 Å².